The summed E-state index contributed by atoms with van der Waals surface area (Å²) in [6.07, 6.45) is 0.844. The molecule has 2 rings (SSSR count). The smallest absolute Gasteiger partial charge is 0.237 e. The number of carbonyl (C=O) groups is 2. The fraction of sp³-hybridized carbons (Fsp3) is 0.556. The van der Waals surface area contributed by atoms with Gasteiger partial charge in [0.15, 0.2) is 0 Å². The monoisotopic (exact) mass is 351 g/mol. The summed E-state index contributed by atoms with van der Waals surface area (Å²) < 4.78 is 13.4. The Balaban J connectivity index is 2.08. The lowest BCUT2D eigenvalue weighted by Crippen LogP contribution is -2.56. The van der Waals surface area contributed by atoms with Gasteiger partial charge in [0.25, 0.3) is 0 Å². The predicted molar refractivity (Wildman–Crippen MR) is 92.2 cm³/mol. The molecule has 0 aromatic heterocycles. The van der Waals surface area contributed by atoms with Gasteiger partial charge in [0.05, 0.1) is 19.1 Å². The number of piperazine rings is 1. The molecular weight excluding hydrogens is 325 g/mol. The molecule has 1 atom stereocenters. The van der Waals surface area contributed by atoms with E-state index in [9.17, 15) is 14.0 Å². The van der Waals surface area contributed by atoms with Crippen LogP contribution in [-0.4, -0.2) is 65.5 Å². The normalized spacial score (nSPS) is 18.0. The van der Waals surface area contributed by atoms with E-state index in [0.29, 0.717) is 26.2 Å². The third-order valence-electron chi connectivity index (χ3n) is 4.30. The maximum absolute atomic E-state index is 13.4. The first-order chi connectivity index (χ1) is 12.0. The molecule has 138 valence electrons. The summed E-state index contributed by atoms with van der Waals surface area (Å²) >= 11 is 0. The van der Waals surface area contributed by atoms with Gasteiger partial charge < -0.3 is 15.3 Å². The van der Waals surface area contributed by atoms with E-state index in [1.165, 1.54) is 12.1 Å². The minimum atomic E-state index is -0.581. The van der Waals surface area contributed by atoms with E-state index >= 15 is 0 Å². The molecule has 1 aromatic rings. The number of nitrogens with zero attached hydrogens (tertiary/aromatic N) is 2. The maximum Gasteiger partial charge on any atom is 0.237 e. The Kier molecular flexibility index (Phi) is 7.33. The van der Waals surface area contributed by atoms with Crippen LogP contribution < -0.4 is 5.32 Å². The molecule has 1 aliphatic rings. The molecule has 1 heterocycles. The Bertz CT molecular complexity index is 591. The number of aliphatic hydroxyl groups is 1. The van der Waals surface area contributed by atoms with Gasteiger partial charge >= 0.3 is 0 Å². The van der Waals surface area contributed by atoms with Crippen molar-refractivity contribution >= 4 is 11.8 Å². The SMILES string of the molecule is CCCN(CCO)C(=O)C[C@H]1C(=O)NCCN1Cc1cccc(F)c1. The van der Waals surface area contributed by atoms with Crippen LogP contribution in [0.5, 0.6) is 0 Å². The van der Waals surface area contributed by atoms with Gasteiger partial charge in [-0.25, -0.2) is 4.39 Å². The number of nitrogens with one attached hydrogen (secondary N) is 1. The molecule has 6 nitrogen and oxygen atoms in total. The van der Waals surface area contributed by atoms with E-state index in [4.69, 9.17) is 5.11 Å². The summed E-state index contributed by atoms with van der Waals surface area (Å²) in [5.41, 5.74) is 0.771. The van der Waals surface area contributed by atoms with Gasteiger partial charge in [0, 0.05) is 32.7 Å². The van der Waals surface area contributed by atoms with Crippen LogP contribution in [0.25, 0.3) is 0 Å². The second-order valence-electron chi connectivity index (χ2n) is 6.22. The molecule has 1 aliphatic heterocycles. The number of carbonyl (C=O) groups excluding carboxylic acids is 2. The number of amides is 2. The molecule has 0 saturated carbocycles. The van der Waals surface area contributed by atoms with E-state index in [1.54, 1.807) is 11.0 Å². The molecule has 0 unspecified atom stereocenters. The number of rotatable bonds is 8. The molecule has 7 heteroatoms. The summed E-state index contributed by atoms with van der Waals surface area (Å²) in [5, 5.41) is 11.9. The van der Waals surface area contributed by atoms with Crippen molar-refractivity contribution in [3.63, 3.8) is 0 Å². The molecule has 0 bridgehead atoms. The fourth-order valence-electron chi connectivity index (χ4n) is 3.09. The largest absolute Gasteiger partial charge is 0.395 e. The van der Waals surface area contributed by atoms with Gasteiger partial charge in [0.2, 0.25) is 11.8 Å². The van der Waals surface area contributed by atoms with Gasteiger partial charge in [-0.1, -0.05) is 19.1 Å². The van der Waals surface area contributed by atoms with Crippen LogP contribution in [0.15, 0.2) is 24.3 Å². The molecule has 2 N–H and O–H groups in total. The molecule has 1 aromatic carbocycles. The van der Waals surface area contributed by atoms with Crippen molar-refractivity contribution in [2.24, 2.45) is 0 Å². The van der Waals surface area contributed by atoms with Gasteiger partial charge in [-0.3, -0.25) is 14.5 Å². The number of aliphatic hydroxyl groups excluding tert-OH is 1. The predicted octanol–water partition coefficient (Wildman–Crippen LogP) is 0.747. The van der Waals surface area contributed by atoms with Gasteiger partial charge in [-0.15, -0.1) is 0 Å². The van der Waals surface area contributed by atoms with Crippen LogP contribution in [0.4, 0.5) is 4.39 Å². The first-order valence-electron chi connectivity index (χ1n) is 8.70. The molecule has 0 radical (unpaired) electrons. The van der Waals surface area contributed by atoms with Crippen LogP contribution in [0.2, 0.25) is 0 Å². The lowest BCUT2D eigenvalue weighted by atomic mass is 10.1. The lowest BCUT2D eigenvalue weighted by Gasteiger charge is -2.35. The summed E-state index contributed by atoms with van der Waals surface area (Å²) in [5.74, 6) is -0.651. The van der Waals surface area contributed by atoms with Gasteiger partial charge in [-0.05, 0) is 24.1 Å². The quantitative estimate of drug-likeness (QED) is 0.725. The Morgan fingerprint density at radius 1 is 1.44 bits per heavy atom. The average molecular weight is 351 g/mol. The van der Waals surface area contributed by atoms with E-state index in [2.05, 4.69) is 5.32 Å². The third kappa shape index (κ3) is 5.51. The Labute approximate surface area is 147 Å². The van der Waals surface area contributed by atoms with Crippen LogP contribution in [0.3, 0.4) is 0 Å². The van der Waals surface area contributed by atoms with Crippen molar-refractivity contribution in [2.45, 2.75) is 32.4 Å². The van der Waals surface area contributed by atoms with Crippen LogP contribution >= 0.6 is 0 Å². The van der Waals surface area contributed by atoms with E-state index in [0.717, 1.165) is 12.0 Å². The summed E-state index contributed by atoms with van der Waals surface area (Å²) in [4.78, 5) is 28.3. The van der Waals surface area contributed by atoms with Crippen molar-refractivity contribution in [3.05, 3.63) is 35.6 Å². The second-order valence-corrected chi connectivity index (χ2v) is 6.22. The molecular formula is C18H26FN3O3. The Morgan fingerprint density at radius 2 is 2.24 bits per heavy atom. The van der Waals surface area contributed by atoms with E-state index < -0.39 is 6.04 Å². The number of halogens is 1. The second kappa shape index (κ2) is 9.48. The van der Waals surface area contributed by atoms with Gasteiger partial charge in [0.1, 0.15) is 5.82 Å². The highest BCUT2D eigenvalue weighted by Crippen LogP contribution is 2.16. The highest BCUT2D eigenvalue weighted by atomic mass is 19.1. The molecule has 1 saturated heterocycles. The number of hydrogen-bond donors (Lipinski definition) is 2. The van der Waals surface area contributed by atoms with E-state index in [-0.39, 0.29) is 37.2 Å². The summed E-state index contributed by atoms with van der Waals surface area (Å²) in [7, 11) is 0. The third-order valence-corrected chi connectivity index (χ3v) is 4.30. The first-order valence-corrected chi connectivity index (χ1v) is 8.70. The Morgan fingerprint density at radius 3 is 2.92 bits per heavy atom. The molecule has 2 amide bonds. The van der Waals surface area contributed by atoms with Crippen LogP contribution in [0, 0.1) is 5.82 Å². The Hall–Kier alpha value is -1.99. The standard InChI is InChI=1S/C18H26FN3O3/c1-2-7-21(9-10-23)17(24)12-16-18(25)20-6-8-22(16)13-14-4-3-5-15(19)11-14/h3-5,11,16,23H,2,6-10,12-13H2,1H3,(H,20,25)/t16-/m0/s1. The molecule has 1 fully saturated rings. The average Bonchev–Trinajstić information content (AvgIpc) is 2.57. The molecule has 0 spiro atoms. The molecule has 0 aliphatic carbocycles. The zero-order valence-corrected chi connectivity index (χ0v) is 14.6. The van der Waals surface area contributed by atoms with Gasteiger partial charge in [-0.2, -0.15) is 0 Å². The van der Waals surface area contributed by atoms with Crippen molar-refractivity contribution in [3.8, 4) is 0 Å². The summed E-state index contributed by atoms with van der Waals surface area (Å²) in [6.45, 7) is 4.21. The zero-order valence-electron chi connectivity index (χ0n) is 14.6. The van der Waals surface area contributed by atoms with Crippen molar-refractivity contribution < 1.29 is 19.1 Å². The molecule has 25 heavy (non-hydrogen) atoms. The van der Waals surface area contributed by atoms with Crippen LogP contribution in [0.1, 0.15) is 25.3 Å². The highest BCUT2D eigenvalue weighted by Gasteiger charge is 2.32. The lowest BCUT2D eigenvalue weighted by molar-refractivity contribution is -0.139. The van der Waals surface area contributed by atoms with Crippen LogP contribution in [-0.2, 0) is 16.1 Å². The topological polar surface area (TPSA) is 72.9 Å². The fourth-order valence-corrected chi connectivity index (χ4v) is 3.09. The minimum absolute atomic E-state index is 0.0567. The number of benzene rings is 1. The van der Waals surface area contributed by atoms with Crippen molar-refractivity contribution in [1.29, 1.82) is 0 Å². The number of hydrogen-bond acceptors (Lipinski definition) is 4. The highest BCUT2D eigenvalue weighted by molar-refractivity contribution is 5.88. The van der Waals surface area contributed by atoms with Crippen molar-refractivity contribution in [2.75, 3.05) is 32.8 Å². The minimum Gasteiger partial charge on any atom is -0.395 e. The first kappa shape index (κ1) is 19.3. The van der Waals surface area contributed by atoms with E-state index in [1.807, 2.05) is 17.9 Å². The summed E-state index contributed by atoms with van der Waals surface area (Å²) in [6, 6.07) is 5.69. The van der Waals surface area contributed by atoms with Crippen molar-refractivity contribution in [1.82, 2.24) is 15.1 Å². The zero-order chi connectivity index (χ0) is 18.2. The maximum atomic E-state index is 13.4.